The monoisotopic (exact) mass is 420 g/mol. The number of hydrogen-bond donors (Lipinski definition) is 1. The van der Waals surface area contributed by atoms with E-state index in [9.17, 15) is 9.59 Å². The topological polar surface area (TPSA) is 71.8 Å². The highest BCUT2D eigenvalue weighted by Gasteiger charge is 2.19. The summed E-state index contributed by atoms with van der Waals surface area (Å²) in [4.78, 5) is 25.9. The molecule has 6 nitrogen and oxygen atoms in total. The van der Waals surface area contributed by atoms with Gasteiger partial charge in [-0.2, -0.15) is 0 Å². The second kappa shape index (κ2) is 9.25. The van der Waals surface area contributed by atoms with Crippen LogP contribution >= 0.6 is 0 Å². The minimum atomic E-state index is -0.0993. The van der Waals surface area contributed by atoms with Crippen molar-refractivity contribution in [1.82, 2.24) is 4.90 Å². The van der Waals surface area contributed by atoms with E-state index in [4.69, 9.17) is 9.15 Å². The fraction of sp³-hybridized carbons (Fsp3) is 0.360. The van der Waals surface area contributed by atoms with Crippen molar-refractivity contribution in [3.05, 3.63) is 59.4 Å². The number of fused-ring (bicyclic) bond motifs is 2. The molecule has 3 aromatic rings. The number of nitrogens with zero attached hydrogens (tertiary/aromatic N) is 1. The maximum absolute atomic E-state index is 12.7. The van der Waals surface area contributed by atoms with E-state index in [1.54, 1.807) is 18.0 Å². The zero-order chi connectivity index (χ0) is 21.8. The van der Waals surface area contributed by atoms with E-state index in [0.717, 1.165) is 52.8 Å². The second-order valence-electron chi connectivity index (χ2n) is 8.01. The molecule has 31 heavy (non-hydrogen) atoms. The molecule has 4 rings (SSSR count). The van der Waals surface area contributed by atoms with Gasteiger partial charge in [0.15, 0.2) is 6.61 Å². The van der Waals surface area contributed by atoms with Crippen LogP contribution in [0.15, 0.2) is 46.9 Å². The molecule has 1 N–H and O–H groups in total. The lowest BCUT2D eigenvalue weighted by Gasteiger charge is -2.19. The molecule has 0 fully saturated rings. The van der Waals surface area contributed by atoms with Gasteiger partial charge in [0.1, 0.15) is 17.1 Å². The van der Waals surface area contributed by atoms with Gasteiger partial charge < -0.3 is 19.4 Å². The number of rotatable bonds is 8. The smallest absolute Gasteiger partial charge is 0.260 e. The molecule has 6 heteroatoms. The maximum atomic E-state index is 12.7. The number of carbonyl (C=O) groups excluding carboxylic acids is 2. The third-order valence-corrected chi connectivity index (χ3v) is 5.69. The first kappa shape index (κ1) is 21.0. The Labute approximate surface area is 182 Å². The maximum Gasteiger partial charge on any atom is 0.260 e. The first-order valence-electron chi connectivity index (χ1n) is 10.8. The third-order valence-electron chi connectivity index (χ3n) is 5.69. The Morgan fingerprint density at radius 1 is 1.19 bits per heavy atom. The average molecular weight is 421 g/mol. The second-order valence-corrected chi connectivity index (χ2v) is 8.01. The summed E-state index contributed by atoms with van der Waals surface area (Å²) in [7, 11) is 1.79. The molecule has 0 bridgehead atoms. The van der Waals surface area contributed by atoms with Gasteiger partial charge in [0.25, 0.3) is 5.91 Å². The van der Waals surface area contributed by atoms with Crippen molar-refractivity contribution in [2.24, 2.45) is 0 Å². The van der Waals surface area contributed by atoms with Gasteiger partial charge in [-0.05, 0) is 42.7 Å². The summed E-state index contributed by atoms with van der Waals surface area (Å²) in [5, 5.41) is 3.91. The standard InChI is InChI=1S/C25H28N2O4/c1-3-4-8-23-20(19-7-5-6-9-22(19)31-23)15-27(2)25(29)16-30-18-11-12-21-17(14-18)10-13-24(28)26-21/h5-7,9,11-12,14H,3-4,8,10,13,15-16H2,1-2H3,(H,26,28). The minimum absolute atomic E-state index is 0.0306. The lowest BCUT2D eigenvalue weighted by molar-refractivity contribution is -0.132. The predicted octanol–water partition coefficient (Wildman–Crippen LogP) is 4.70. The van der Waals surface area contributed by atoms with Crippen molar-refractivity contribution in [3.8, 4) is 5.75 Å². The van der Waals surface area contributed by atoms with E-state index in [1.165, 1.54) is 0 Å². The number of nitrogens with one attached hydrogen (secondary N) is 1. The van der Waals surface area contributed by atoms with Crippen LogP contribution < -0.4 is 10.1 Å². The molecule has 0 aliphatic carbocycles. The van der Waals surface area contributed by atoms with Crippen LogP contribution in [0.5, 0.6) is 5.75 Å². The molecule has 1 aromatic heterocycles. The molecule has 0 unspecified atom stereocenters. The highest BCUT2D eigenvalue weighted by Crippen LogP contribution is 2.29. The number of unbranched alkanes of at least 4 members (excludes halogenated alkanes) is 1. The van der Waals surface area contributed by atoms with E-state index < -0.39 is 0 Å². The van der Waals surface area contributed by atoms with E-state index in [-0.39, 0.29) is 18.4 Å². The number of aryl methyl sites for hydroxylation is 2. The molecule has 0 spiro atoms. The summed E-state index contributed by atoms with van der Waals surface area (Å²) in [6.45, 7) is 2.60. The SMILES string of the molecule is CCCCc1oc2ccccc2c1CN(C)C(=O)COc1ccc2c(c1)CCC(=O)N2. The molecule has 0 saturated heterocycles. The largest absolute Gasteiger partial charge is 0.484 e. The molecule has 2 heterocycles. The number of ether oxygens (including phenoxy) is 1. The van der Waals surface area contributed by atoms with Crippen LogP contribution in [-0.4, -0.2) is 30.4 Å². The molecule has 2 aromatic carbocycles. The van der Waals surface area contributed by atoms with Crippen molar-refractivity contribution in [1.29, 1.82) is 0 Å². The van der Waals surface area contributed by atoms with E-state index in [0.29, 0.717) is 25.1 Å². The molecule has 0 saturated carbocycles. The van der Waals surface area contributed by atoms with Crippen LogP contribution in [0.4, 0.5) is 5.69 Å². The molecule has 0 radical (unpaired) electrons. The Bertz CT molecular complexity index is 1100. The number of likely N-dealkylation sites (N-methyl/N-ethyl adjacent to an activating group) is 1. The van der Waals surface area contributed by atoms with Crippen LogP contribution in [0.25, 0.3) is 11.0 Å². The van der Waals surface area contributed by atoms with Gasteiger partial charge in [-0.1, -0.05) is 31.5 Å². The first-order valence-corrected chi connectivity index (χ1v) is 10.8. The van der Waals surface area contributed by atoms with Gasteiger partial charge in [-0.3, -0.25) is 9.59 Å². The number of amides is 2. The van der Waals surface area contributed by atoms with Crippen LogP contribution in [0.3, 0.4) is 0 Å². The van der Waals surface area contributed by atoms with Gasteiger partial charge in [-0.15, -0.1) is 0 Å². The van der Waals surface area contributed by atoms with Crippen LogP contribution in [-0.2, 0) is 29.0 Å². The summed E-state index contributed by atoms with van der Waals surface area (Å²) in [5.74, 6) is 1.52. The van der Waals surface area contributed by atoms with E-state index in [1.807, 2.05) is 36.4 Å². The zero-order valence-corrected chi connectivity index (χ0v) is 18.1. The van der Waals surface area contributed by atoms with Crippen LogP contribution in [0, 0.1) is 0 Å². The molecular weight excluding hydrogens is 392 g/mol. The molecular formula is C25H28N2O4. The number of furan rings is 1. The zero-order valence-electron chi connectivity index (χ0n) is 18.1. The van der Waals surface area contributed by atoms with Crippen molar-refractivity contribution in [3.63, 3.8) is 0 Å². The summed E-state index contributed by atoms with van der Waals surface area (Å²) < 4.78 is 11.8. The summed E-state index contributed by atoms with van der Waals surface area (Å²) >= 11 is 0. The molecule has 162 valence electrons. The number of hydrogen-bond acceptors (Lipinski definition) is 4. The number of carbonyl (C=O) groups is 2. The van der Waals surface area contributed by atoms with Gasteiger partial charge in [0, 0.05) is 43.1 Å². The predicted molar refractivity (Wildman–Crippen MR) is 120 cm³/mol. The lowest BCUT2D eigenvalue weighted by atomic mass is 10.0. The minimum Gasteiger partial charge on any atom is -0.484 e. The highest BCUT2D eigenvalue weighted by molar-refractivity contribution is 5.94. The Balaban J connectivity index is 1.42. The van der Waals surface area contributed by atoms with Crippen LogP contribution in [0.2, 0.25) is 0 Å². The van der Waals surface area contributed by atoms with Crippen LogP contribution in [0.1, 0.15) is 43.1 Å². The van der Waals surface area contributed by atoms with Gasteiger partial charge in [0.2, 0.25) is 5.91 Å². The number of benzene rings is 2. The Morgan fingerprint density at radius 3 is 2.87 bits per heavy atom. The van der Waals surface area contributed by atoms with E-state index in [2.05, 4.69) is 12.2 Å². The van der Waals surface area contributed by atoms with Crippen molar-refractivity contribution in [2.45, 2.75) is 45.6 Å². The molecule has 1 aliphatic heterocycles. The Morgan fingerprint density at radius 2 is 2.03 bits per heavy atom. The molecule has 2 amide bonds. The van der Waals surface area contributed by atoms with E-state index >= 15 is 0 Å². The fourth-order valence-electron chi connectivity index (χ4n) is 3.89. The fourth-order valence-corrected chi connectivity index (χ4v) is 3.89. The highest BCUT2D eigenvalue weighted by atomic mass is 16.5. The quantitative estimate of drug-likeness (QED) is 0.573. The lowest BCUT2D eigenvalue weighted by Crippen LogP contribution is -2.31. The van der Waals surface area contributed by atoms with Gasteiger partial charge in [0.05, 0.1) is 0 Å². The number of para-hydroxylation sites is 1. The Kier molecular flexibility index (Phi) is 6.26. The summed E-state index contributed by atoms with van der Waals surface area (Å²) in [5.41, 5.74) is 3.79. The summed E-state index contributed by atoms with van der Waals surface area (Å²) in [6, 6.07) is 13.5. The number of anilines is 1. The Hall–Kier alpha value is -3.28. The van der Waals surface area contributed by atoms with Crippen molar-refractivity contribution >= 4 is 28.5 Å². The summed E-state index contributed by atoms with van der Waals surface area (Å²) in [6.07, 6.45) is 4.15. The van der Waals surface area contributed by atoms with Crippen molar-refractivity contribution in [2.75, 3.05) is 19.0 Å². The first-order chi connectivity index (χ1) is 15.0. The van der Waals surface area contributed by atoms with Crippen molar-refractivity contribution < 1.29 is 18.7 Å². The van der Waals surface area contributed by atoms with Gasteiger partial charge in [-0.25, -0.2) is 0 Å². The van der Waals surface area contributed by atoms with Gasteiger partial charge >= 0.3 is 0 Å². The average Bonchev–Trinajstić information content (AvgIpc) is 3.13. The normalized spacial score (nSPS) is 13.0. The molecule has 0 atom stereocenters. The molecule has 1 aliphatic rings. The third kappa shape index (κ3) is 4.74.